The maximum absolute atomic E-state index is 10.0. The first-order valence-corrected chi connectivity index (χ1v) is 8.40. The summed E-state index contributed by atoms with van der Waals surface area (Å²) in [6.45, 7) is 0.753. The first-order chi connectivity index (χ1) is 10.1. The number of hydrogen-bond acceptors (Lipinski definition) is 3. The Morgan fingerprint density at radius 1 is 1.19 bits per heavy atom. The van der Waals surface area contributed by atoms with Gasteiger partial charge in [-0.05, 0) is 25.0 Å². The number of benzene rings is 1. The molecule has 118 valence electrons. The van der Waals surface area contributed by atoms with Crippen molar-refractivity contribution in [1.29, 1.82) is 0 Å². The standard InChI is InChI=1S/C16H23Cl2NO2/c17-12-7-8-15(18)16(9-12)21-11-14(20)10-19-13-5-3-1-2-4-6-13/h7-9,13-14,19-20H,1-6,10-11H2. The molecular formula is C16H23Cl2NO2. The Morgan fingerprint density at radius 3 is 2.62 bits per heavy atom. The summed E-state index contributed by atoms with van der Waals surface area (Å²) in [6, 6.07) is 5.59. The van der Waals surface area contributed by atoms with Crippen LogP contribution in [0.25, 0.3) is 0 Å². The molecule has 0 amide bonds. The summed E-state index contributed by atoms with van der Waals surface area (Å²) in [7, 11) is 0. The van der Waals surface area contributed by atoms with E-state index < -0.39 is 6.10 Å². The molecule has 1 aliphatic rings. The molecule has 2 N–H and O–H groups in total. The van der Waals surface area contributed by atoms with E-state index in [9.17, 15) is 5.11 Å². The number of aliphatic hydroxyl groups excluding tert-OH is 1. The average molecular weight is 332 g/mol. The van der Waals surface area contributed by atoms with Crippen molar-refractivity contribution < 1.29 is 9.84 Å². The SMILES string of the molecule is OC(CNC1CCCCCC1)COc1cc(Cl)ccc1Cl. The van der Waals surface area contributed by atoms with Crippen molar-refractivity contribution in [3.8, 4) is 5.75 Å². The first kappa shape index (κ1) is 16.9. The molecule has 1 fully saturated rings. The minimum absolute atomic E-state index is 0.208. The van der Waals surface area contributed by atoms with Crippen LogP contribution in [0.3, 0.4) is 0 Å². The van der Waals surface area contributed by atoms with Gasteiger partial charge in [-0.15, -0.1) is 0 Å². The third kappa shape index (κ3) is 6.03. The Hall–Kier alpha value is -0.480. The number of aliphatic hydroxyl groups is 1. The highest BCUT2D eigenvalue weighted by Crippen LogP contribution is 2.27. The molecule has 5 heteroatoms. The second-order valence-electron chi connectivity index (χ2n) is 5.64. The van der Waals surface area contributed by atoms with Gasteiger partial charge in [-0.25, -0.2) is 0 Å². The summed E-state index contributed by atoms with van der Waals surface area (Å²) in [6.07, 6.45) is 7.07. The fourth-order valence-electron chi connectivity index (χ4n) is 2.62. The van der Waals surface area contributed by atoms with Crippen LogP contribution >= 0.6 is 23.2 Å². The zero-order valence-electron chi connectivity index (χ0n) is 12.2. The van der Waals surface area contributed by atoms with E-state index in [1.165, 1.54) is 38.5 Å². The Labute approximate surface area is 136 Å². The van der Waals surface area contributed by atoms with Crippen molar-refractivity contribution in [1.82, 2.24) is 5.32 Å². The third-order valence-corrected chi connectivity index (χ3v) is 4.37. The van der Waals surface area contributed by atoms with E-state index >= 15 is 0 Å². The lowest BCUT2D eigenvalue weighted by molar-refractivity contribution is 0.103. The predicted molar refractivity (Wildman–Crippen MR) is 87.5 cm³/mol. The van der Waals surface area contributed by atoms with Crippen molar-refractivity contribution in [2.24, 2.45) is 0 Å². The highest BCUT2D eigenvalue weighted by Gasteiger charge is 2.14. The lowest BCUT2D eigenvalue weighted by atomic mass is 10.1. The Balaban J connectivity index is 1.71. The van der Waals surface area contributed by atoms with Crippen molar-refractivity contribution >= 4 is 23.2 Å². The average Bonchev–Trinajstić information content (AvgIpc) is 2.74. The monoisotopic (exact) mass is 331 g/mol. The summed E-state index contributed by atoms with van der Waals surface area (Å²) in [5.41, 5.74) is 0. The van der Waals surface area contributed by atoms with Gasteiger partial charge in [-0.3, -0.25) is 0 Å². The molecule has 1 saturated carbocycles. The lowest BCUT2D eigenvalue weighted by Gasteiger charge is -2.19. The van der Waals surface area contributed by atoms with Crippen molar-refractivity contribution in [3.05, 3.63) is 28.2 Å². The minimum Gasteiger partial charge on any atom is -0.489 e. The van der Waals surface area contributed by atoms with E-state index in [-0.39, 0.29) is 6.61 Å². The van der Waals surface area contributed by atoms with Crippen LogP contribution in [0, 0.1) is 0 Å². The smallest absolute Gasteiger partial charge is 0.139 e. The van der Waals surface area contributed by atoms with Crippen LogP contribution in [-0.4, -0.2) is 30.4 Å². The molecule has 1 aromatic rings. The summed E-state index contributed by atoms with van der Waals surface area (Å²) in [4.78, 5) is 0. The van der Waals surface area contributed by atoms with Crippen molar-refractivity contribution in [3.63, 3.8) is 0 Å². The van der Waals surface area contributed by atoms with Gasteiger partial charge in [0.15, 0.2) is 0 Å². The molecular weight excluding hydrogens is 309 g/mol. The zero-order chi connectivity index (χ0) is 15.1. The second kappa shape index (κ2) is 8.84. The summed E-state index contributed by atoms with van der Waals surface area (Å²) < 4.78 is 5.54. The fraction of sp³-hybridized carbons (Fsp3) is 0.625. The van der Waals surface area contributed by atoms with E-state index in [1.807, 2.05) is 0 Å². The van der Waals surface area contributed by atoms with Gasteiger partial charge >= 0.3 is 0 Å². The highest BCUT2D eigenvalue weighted by atomic mass is 35.5. The van der Waals surface area contributed by atoms with Gasteiger partial charge in [-0.2, -0.15) is 0 Å². The molecule has 2 rings (SSSR count). The molecule has 0 spiro atoms. The van der Waals surface area contributed by atoms with Gasteiger partial charge in [0.05, 0.1) is 5.02 Å². The van der Waals surface area contributed by atoms with Crippen molar-refractivity contribution in [2.45, 2.75) is 50.7 Å². The highest BCUT2D eigenvalue weighted by molar-refractivity contribution is 6.34. The normalized spacial score (nSPS) is 18.2. The minimum atomic E-state index is -0.552. The quantitative estimate of drug-likeness (QED) is 0.773. The fourth-order valence-corrected chi connectivity index (χ4v) is 2.95. The van der Waals surface area contributed by atoms with E-state index in [2.05, 4.69) is 5.32 Å². The van der Waals surface area contributed by atoms with Gasteiger partial charge < -0.3 is 15.2 Å². The van der Waals surface area contributed by atoms with Crippen LogP contribution in [0.1, 0.15) is 38.5 Å². The molecule has 0 radical (unpaired) electrons. The molecule has 21 heavy (non-hydrogen) atoms. The van der Waals surface area contributed by atoms with Crippen LogP contribution in [0.2, 0.25) is 10.0 Å². The van der Waals surface area contributed by atoms with Gasteiger partial charge in [0.25, 0.3) is 0 Å². The Kier molecular flexibility index (Phi) is 7.11. The van der Waals surface area contributed by atoms with Gasteiger partial charge in [0.2, 0.25) is 0 Å². The molecule has 1 aromatic carbocycles. The van der Waals surface area contributed by atoms with Gasteiger partial charge in [-0.1, -0.05) is 48.9 Å². The van der Waals surface area contributed by atoms with Gasteiger partial charge in [0, 0.05) is 23.7 Å². The van der Waals surface area contributed by atoms with E-state index in [4.69, 9.17) is 27.9 Å². The zero-order valence-corrected chi connectivity index (χ0v) is 13.7. The molecule has 1 aliphatic carbocycles. The van der Waals surface area contributed by atoms with E-state index in [0.29, 0.717) is 28.4 Å². The number of nitrogens with one attached hydrogen (secondary N) is 1. The number of halogens is 2. The largest absolute Gasteiger partial charge is 0.489 e. The number of ether oxygens (including phenoxy) is 1. The summed E-state index contributed by atoms with van der Waals surface area (Å²) in [5.74, 6) is 0.512. The first-order valence-electron chi connectivity index (χ1n) is 7.64. The molecule has 0 aromatic heterocycles. The third-order valence-electron chi connectivity index (χ3n) is 3.82. The van der Waals surface area contributed by atoms with Crippen LogP contribution in [0.15, 0.2) is 18.2 Å². The predicted octanol–water partition coefficient (Wildman–Crippen LogP) is 4.05. The lowest BCUT2D eigenvalue weighted by Crippen LogP contribution is -2.37. The summed E-state index contributed by atoms with van der Waals surface area (Å²) in [5, 5.41) is 14.5. The van der Waals surface area contributed by atoms with Crippen LogP contribution in [0.5, 0.6) is 5.75 Å². The maximum atomic E-state index is 10.0. The molecule has 3 nitrogen and oxygen atoms in total. The molecule has 0 aliphatic heterocycles. The van der Waals surface area contributed by atoms with E-state index in [1.54, 1.807) is 18.2 Å². The van der Waals surface area contributed by atoms with Crippen LogP contribution in [0.4, 0.5) is 0 Å². The molecule has 0 saturated heterocycles. The van der Waals surface area contributed by atoms with Crippen LogP contribution in [-0.2, 0) is 0 Å². The second-order valence-corrected chi connectivity index (χ2v) is 6.48. The van der Waals surface area contributed by atoms with Crippen molar-refractivity contribution in [2.75, 3.05) is 13.2 Å². The number of hydrogen-bond donors (Lipinski definition) is 2. The Morgan fingerprint density at radius 2 is 1.90 bits per heavy atom. The molecule has 0 bridgehead atoms. The number of rotatable bonds is 6. The molecule has 1 unspecified atom stereocenters. The Bertz CT molecular complexity index is 434. The van der Waals surface area contributed by atoms with Gasteiger partial charge in [0.1, 0.15) is 18.5 Å². The molecule has 1 atom stereocenters. The van der Waals surface area contributed by atoms with Crippen LogP contribution < -0.4 is 10.1 Å². The maximum Gasteiger partial charge on any atom is 0.139 e. The topological polar surface area (TPSA) is 41.5 Å². The molecule has 0 heterocycles. The summed E-state index contributed by atoms with van der Waals surface area (Å²) >= 11 is 11.9. The van der Waals surface area contributed by atoms with E-state index in [0.717, 1.165) is 0 Å².